The highest BCUT2D eigenvalue weighted by molar-refractivity contribution is 7.12. The van der Waals surface area contributed by atoms with Crippen molar-refractivity contribution in [3.63, 3.8) is 0 Å². The van der Waals surface area contributed by atoms with Crippen molar-refractivity contribution in [1.29, 1.82) is 0 Å². The summed E-state index contributed by atoms with van der Waals surface area (Å²) in [4.78, 5) is 36.8. The SMILES string of the molecule is Cc1cc(-n2c(C)cc(C(=O)COC(=O)CCNC(=O)c3cccs3)c2C)no1. The first kappa shape index (κ1) is 20.5. The molecule has 0 saturated heterocycles. The summed E-state index contributed by atoms with van der Waals surface area (Å²) in [5.41, 5.74) is 1.98. The van der Waals surface area contributed by atoms with E-state index in [4.69, 9.17) is 9.26 Å². The van der Waals surface area contributed by atoms with Crippen molar-refractivity contribution >= 4 is 29.0 Å². The quantitative estimate of drug-likeness (QED) is 0.448. The Morgan fingerprint density at radius 3 is 2.69 bits per heavy atom. The average molecular weight is 415 g/mol. The normalized spacial score (nSPS) is 10.7. The van der Waals surface area contributed by atoms with Gasteiger partial charge in [0.05, 0.1) is 11.3 Å². The summed E-state index contributed by atoms with van der Waals surface area (Å²) in [6.07, 6.45) is -0.0123. The zero-order valence-corrected chi connectivity index (χ0v) is 17.2. The number of nitrogens with one attached hydrogen (secondary N) is 1. The van der Waals surface area contributed by atoms with Gasteiger partial charge in [0.25, 0.3) is 5.91 Å². The molecule has 0 aromatic carbocycles. The first-order valence-electron chi connectivity index (χ1n) is 9.00. The van der Waals surface area contributed by atoms with Crippen LogP contribution in [-0.2, 0) is 9.53 Å². The van der Waals surface area contributed by atoms with Crippen LogP contribution >= 0.6 is 11.3 Å². The zero-order chi connectivity index (χ0) is 21.0. The molecular weight excluding hydrogens is 394 g/mol. The highest BCUT2D eigenvalue weighted by Crippen LogP contribution is 2.21. The van der Waals surface area contributed by atoms with Gasteiger partial charge < -0.3 is 14.6 Å². The van der Waals surface area contributed by atoms with Gasteiger partial charge in [-0.25, -0.2) is 0 Å². The minimum Gasteiger partial charge on any atom is -0.457 e. The number of esters is 1. The van der Waals surface area contributed by atoms with Crippen LogP contribution in [0.25, 0.3) is 5.82 Å². The van der Waals surface area contributed by atoms with E-state index in [1.165, 1.54) is 11.3 Å². The number of nitrogens with zero attached hydrogens (tertiary/aromatic N) is 2. The Labute approximate surface area is 171 Å². The van der Waals surface area contributed by atoms with Gasteiger partial charge in [-0.3, -0.25) is 19.0 Å². The molecule has 3 aromatic heterocycles. The molecule has 0 radical (unpaired) electrons. The number of thiophene rings is 1. The van der Waals surface area contributed by atoms with Crippen LogP contribution in [0.5, 0.6) is 0 Å². The molecule has 152 valence electrons. The summed E-state index contributed by atoms with van der Waals surface area (Å²) in [6.45, 7) is 5.23. The Morgan fingerprint density at radius 2 is 2.03 bits per heavy atom. The molecule has 1 N–H and O–H groups in total. The predicted molar refractivity (Wildman–Crippen MR) is 107 cm³/mol. The third-order valence-corrected chi connectivity index (χ3v) is 5.17. The fraction of sp³-hybridized carbons (Fsp3) is 0.300. The number of carbonyl (C=O) groups excluding carboxylic acids is 3. The predicted octanol–water partition coefficient (Wildman–Crippen LogP) is 3.00. The summed E-state index contributed by atoms with van der Waals surface area (Å²) in [5.74, 6) is 0.168. The smallest absolute Gasteiger partial charge is 0.308 e. The van der Waals surface area contributed by atoms with Crippen LogP contribution in [0.15, 0.2) is 34.2 Å². The van der Waals surface area contributed by atoms with Crippen LogP contribution in [0.3, 0.4) is 0 Å². The van der Waals surface area contributed by atoms with E-state index in [0.717, 1.165) is 5.69 Å². The van der Waals surface area contributed by atoms with Gasteiger partial charge >= 0.3 is 5.97 Å². The topological polar surface area (TPSA) is 103 Å². The summed E-state index contributed by atoms with van der Waals surface area (Å²) in [6, 6.07) is 6.99. The van der Waals surface area contributed by atoms with Crippen LogP contribution in [-0.4, -0.2) is 40.5 Å². The van der Waals surface area contributed by atoms with Crippen LogP contribution in [0.1, 0.15) is 43.6 Å². The molecule has 0 aliphatic carbocycles. The van der Waals surface area contributed by atoms with E-state index in [9.17, 15) is 14.4 Å². The standard InChI is InChI=1S/C20H21N3O5S/c1-12-9-15(14(3)23(12)18-10-13(2)28-22-18)16(24)11-27-19(25)6-7-21-20(26)17-5-4-8-29-17/h4-5,8-10H,6-7,11H2,1-3H3,(H,21,26). The Bertz CT molecular complexity index is 1030. The second-order valence-corrected chi connectivity index (χ2v) is 7.43. The molecule has 0 aliphatic rings. The lowest BCUT2D eigenvalue weighted by Crippen LogP contribution is -2.26. The van der Waals surface area contributed by atoms with E-state index in [1.807, 2.05) is 11.5 Å². The first-order chi connectivity index (χ1) is 13.9. The lowest BCUT2D eigenvalue weighted by molar-refractivity contribution is -0.142. The second kappa shape index (κ2) is 8.87. The van der Waals surface area contributed by atoms with Crippen LogP contribution < -0.4 is 5.32 Å². The monoisotopic (exact) mass is 415 g/mol. The lowest BCUT2D eigenvalue weighted by atomic mass is 10.1. The number of ether oxygens (including phenoxy) is 1. The van der Waals surface area contributed by atoms with Gasteiger partial charge in [-0.1, -0.05) is 11.2 Å². The molecular formula is C20H21N3O5S. The van der Waals surface area contributed by atoms with Gasteiger partial charge in [-0.2, -0.15) is 0 Å². The van der Waals surface area contributed by atoms with Gasteiger partial charge in [0, 0.05) is 29.6 Å². The number of aryl methyl sites for hydroxylation is 2. The fourth-order valence-electron chi connectivity index (χ4n) is 2.93. The number of hydrogen-bond donors (Lipinski definition) is 1. The summed E-state index contributed by atoms with van der Waals surface area (Å²) in [7, 11) is 0. The Balaban J connectivity index is 1.51. The maximum Gasteiger partial charge on any atom is 0.308 e. The van der Waals surface area contributed by atoms with E-state index < -0.39 is 5.97 Å². The maximum atomic E-state index is 12.5. The molecule has 9 heteroatoms. The number of hydrogen-bond acceptors (Lipinski definition) is 7. The fourth-order valence-corrected chi connectivity index (χ4v) is 3.57. The van der Waals surface area contributed by atoms with Gasteiger partial charge in [0.1, 0.15) is 5.76 Å². The third kappa shape index (κ3) is 4.80. The highest BCUT2D eigenvalue weighted by atomic mass is 32.1. The molecule has 0 aliphatic heterocycles. The zero-order valence-electron chi connectivity index (χ0n) is 16.4. The number of amides is 1. The van der Waals surface area contributed by atoms with Crippen molar-refractivity contribution in [1.82, 2.24) is 15.0 Å². The molecule has 29 heavy (non-hydrogen) atoms. The molecule has 8 nitrogen and oxygen atoms in total. The average Bonchev–Trinajstić information content (AvgIpc) is 3.41. The van der Waals surface area contributed by atoms with E-state index in [1.54, 1.807) is 43.5 Å². The number of rotatable bonds is 8. The second-order valence-electron chi connectivity index (χ2n) is 6.48. The molecule has 3 heterocycles. The number of aromatic nitrogens is 2. The largest absolute Gasteiger partial charge is 0.457 e. The van der Waals surface area contributed by atoms with Crippen molar-refractivity contribution in [2.75, 3.05) is 13.2 Å². The molecule has 3 aromatic rings. The van der Waals surface area contributed by atoms with E-state index >= 15 is 0 Å². The lowest BCUT2D eigenvalue weighted by Gasteiger charge is -2.07. The van der Waals surface area contributed by atoms with Crippen LogP contribution in [0, 0.1) is 20.8 Å². The highest BCUT2D eigenvalue weighted by Gasteiger charge is 2.19. The van der Waals surface area contributed by atoms with Crippen molar-refractivity contribution in [2.45, 2.75) is 27.2 Å². The third-order valence-electron chi connectivity index (χ3n) is 4.30. The molecule has 1 amide bonds. The van der Waals surface area contributed by atoms with Gasteiger partial charge in [-0.15, -0.1) is 11.3 Å². The van der Waals surface area contributed by atoms with E-state index in [-0.39, 0.29) is 31.3 Å². The number of Topliss-reactive ketones (excluding diaryl/α,β-unsaturated/α-hetero) is 1. The molecule has 0 atom stereocenters. The van der Waals surface area contributed by atoms with Crippen LogP contribution in [0.4, 0.5) is 0 Å². The maximum absolute atomic E-state index is 12.5. The van der Waals surface area contributed by atoms with Crippen molar-refractivity contribution in [2.24, 2.45) is 0 Å². The van der Waals surface area contributed by atoms with Crippen molar-refractivity contribution < 1.29 is 23.6 Å². The first-order valence-corrected chi connectivity index (χ1v) is 9.88. The van der Waals surface area contributed by atoms with E-state index in [0.29, 0.717) is 27.7 Å². The molecule has 0 spiro atoms. The van der Waals surface area contributed by atoms with Crippen molar-refractivity contribution in [3.8, 4) is 5.82 Å². The number of ketones is 1. The van der Waals surface area contributed by atoms with Gasteiger partial charge in [0.15, 0.2) is 12.4 Å². The van der Waals surface area contributed by atoms with Gasteiger partial charge in [0.2, 0.25) is 5.78 Å². The molecule has 0 saturated carbocycles. The van der Waals surface area contributed by atoms with E-state index in [2.05, 4.69) is 10.5 Å². The Morgan fingerprint density at radius 1 is 1.24 bits per heavy atom. The van der Waals surface area contributed by atoms with Crippen LogP contribution in [0.2, 0.25) is 0 Å². The summed E-state index contributed by atoms with van der Waals surface area (Å²) >= 11 is 1.32. The summed E-state index contributed by atoms with van der Waals surface area (Å²) in [5, 5.41) is 8.42. The Kier molecular flexibility index (Phi) is 6.28. The molecule has 0 bridgehead atoms. The van der Waals surface area contributed by atoms with Gasteiger partial charge in [-0.05, 0) is 38.3 Å². The Hall–Kier alpha value is -3.20. The van der Waals surface area contributed by atoms with Crippen molar-refractivity contribution in [3.05, 3.63) is 57.2 Å². The molecule has 0 unspecified atom stereocenters. The number of carbonyl (C=O) groups is 3. The minimum atomic E-state index is -0.550. The molecule has 3 rings (SSSR count). The molecule has 0 fully saturated rings. The summed E-state index contributed by atoms with van der Waals surface area (Å²) < 4.78 is 12.0. The minimum absolute atomic E-state index is 0.0123.